The molecule has 0 unspecified atom stereocenters. The number of anilines is 2. The Hall–Kier alpha value is -3.52. The second kappa shape index (κ2) is 8.92. The van der Waals surface area contributed by atoms with E-state index in [1.807, 2.05) is 31.2 Å². The van der Waals surface area contributed by atoms with Gasteiger partial charge in [-0.25, -0.2) is 4.98 Å². The molecule has 3 aromatic rings. The van der Waals surface area contributed by atoms with Crippen LogP contribution in [0, 0.1) is 6.92 Å². The van der Waals surface area contributed by atoms with Crippen molar-refractivity contribution >= 4 is 18.0 Å². The van der Waals surface area contributed by atoms with Crippen molar-refractivity contribution in [2.24, 2.45) is 5.10 Å². The van der Waals surface area contributed by atoms with Gasteiger partial charge in [0.05, 0.1) is 18.5 Å². The van der Waals surface area contributed by atoms with Gasteiger partial charge in [-0.05, 0) is 31.2 Å². The number of phenols is 1. The first-order valence-corrected chi connectivity index (χ1v) is 8.77. The van der Waals surface area contributed by atoms with Crippen LogP contribution in [-0.4, -0.2) is 51.6 Å². The van der Waals surface area contributed by atoms with E-state index in [0.717, 1.165) is 11.1 Å². The number of benzene rings is 1. The summed E-state index contributed by atoms with van der Waals surface area (Å²) in [4.78, 5) is 14.8. The molecule has 0 saturated heterocycles. The molecule has 0 saturated carbocycles. The van der Waals surface area contributed by atoms with Gasteiger partial charge in [0.1, 0.15) is 5.75 Å². The summed E-state index contributed by atoms with van der Waals surface area (Å²) in [7, 11) is 1.81. The molecule has 8 nitrogen and oxygen atoms in total. The first-order chi connectivity index (χ1) is 13.6. The predicted octanol–water partition coefficient (Wildman–Crippen LogP) is 2.43. The number of nitrogens with one attached hydrogen (secondary N) is 1. The fraction of sp³-hybridized carbons (Fsp3) is 0.200. The number of aliphatic hydroxyl groups excluding tert-OH is 1. The summed E-state index contributed by atoms with van der Waals surface area (Å²) < 4.78 is 0. The van der Waals surface area contributed by atoms with Crippen LogP contribution in [0.5, 0.6) is 5.75 Å². The number of likely N-dealkylation sites (N-methyl/N-ethyl adjacent to an activating group) is 1. The Morgan fingerprint density at radius 3 is 2.68 bits per heavy atom. The molecule has 8 heteroatoms. The summed E-state index contributed by atoms with van der Waals surface area (Å²) in [6.07, 6.45) is 4.92. The lowest BCUT2D eigenvalue weighted by molar-refractivity contribution is 0.303. The highest BCUT2D eigenvalue weighted by molar-refractivity contribution is 5.84. The van der Waals surface area contributed by atoms with Crippen LogP contribution in [0.3, 0.4) is 0 Å². The maximum absolute atomic E-state index is 9.92. The molecule has 2 heterocycles. The Balaban J connectivity index is 1.89. The normalized spacial score (nSPS) is 11.0. The number of aliphatic hydroxyl groups is 1. The number of hydrazone groups is 1. The third-order valence-corrected chi connectivity index (χ3v) is 4.03. The van der Waals surface area contributed by atoms with E-state index in [0.29, 0.717) is 29.6 Å². The molecule has 0 radical (unpaired) electrons. The van der Waals surface area contributed by atoms with Gasteiger partial charge in [-0.15, -0.1) is 0 Å². The van der Waals surface area contributed by atoms with Crippen molar-refractivity contribution in [1.82, 2.24) is 15.0 Å². The van der Waals surface area contributed by atoms with Crippen LogP contribution in [0.4, 0.5) is 11.8 Å². The number of pyridine rings is 1. The maximum atomic E-state index is 9.92. The first-order valence-electron chi connectivity index (χ1n) is 8.77. The third-order valence-electron chi connectivity index (χ3n) is 4.03. The summed E-state index contributed by atoms with van der Waals surface area (Å²) in [6.45, 7) is 2.34. The smallest absolute Gasteiger partial charge is 0.227 e. The standard InChI is InChI=1S/C20H22N6O2/c1-14-3-4-18(28)16(11-14)13-22-25-19-12-17(15-5-7-21-8-6-15)23-20(24-19)26(2)9-10-27/h3-8,11-13,27-28H,9-10H2,1-2H3,(H,23,24,25). The van der Waals surface area contributed by atoms with Crippen molar-refractivity contribution < 1.29 is 10.2 Å². The monoisotopic (exact) mass is 378 g/mol. The summed E-state index contributed by atoms with van der Waals surface area (Å²) in [5, 5.41) is 23.3. The Kier molecular flexibility index (Phi) is 6.13. The van der Waals surface area contributed by atoms with Gasteiger partial charge in [0.15, 0.2) is 5.82 Å². The van der Waals surface area contributed by atoms with Crippen molar-refractivity contribution in [2.75, 3.05) is 30.5 Å². The Bertz CT molecular complexity index is 962. The van der Waals surface area contributed by atoms with Gasteiger partial charge >= 0.3 is 0 Å². The molecule has 0 fully saturated rings. The summed E-state index contributed by atoms with van der Waals surface area (Å²) in [5.74, 6) is 1.10. The molecular formula is C20H22N6O2. The summed E-state index contributed by atoms with van der Waals surface area (Å²) in [5.41, 5.74) is 6.11. The van der Waals surface area contributed by atoms with Crippen molar-refractivity contribution in [1.29, 1.82) is 0 Å². The van der Waals surface area contributed by atoms with E-state index in [1.165, 1.54) is 6.21 Å². The zero-order chi connectivity index (χ0) is 19.9. The number of phenolic OH excluding ortho intramolecular Hbond substituents is 1. The van der Waals surface area contributed by atoms with Crippen molar-refractivity contribution in [3.05, 3.63) is 59.9 Å². The van der Waals surface area contributed by atoms with E-state index in [9.17, 15) is 10.2 Å². The number of hydrogen-bond donors (Lipinski definition) is 3. The van der Waals surface area contributed by atoms with Gasteiger partial charge in [0, 0.05) is 43.2 Å². The van der Waals surface area contributed by atoms with Crippen molar-refractivity contribution in [2.45, 2.75) is 6.92 Å². The number of aryl methyl sites for hydroxylation is 1. The number of aromatic hydroxyl groups is 1. The SMILES string of the molecule is Cc1ccc(O)c(C=NNc2cc(-c3ccncc3)nc(N(C)CCO)n2)c1. The fourth-order valence-corrected chi connectivity index (χ4v) is 2.53. The molecule has 0 aliphatic rings. The minimum Gasteiger partial charge on any atom is -0.507 e. The average Bonchev–Trinajstić information content (AvgIpc) is 2.71. The molecule has 3 N–H and O–H groups in total. The molecule has 2 aromatic heterocycles. The Morgan fingerprint density at radius 1 is 1.14 bits per heavy atom. The highest BCUT2D eigenvalue weighted by atomic mass is 16.3. The van der Waals surface area contributed by atoms with E-state index in [1.54, 1.807) is 36.5 Å². The third kappa shape index (κ3) is 4.80. The average molecular weight is 378 g/mol. The highest BCUT2D eigenvalue weighted by Crippen LogP contribution is 2.22. The van der Waals surface area contributed by atoms with E-state index < -0.39 is 0 Å². The quantitative estimate of drug-likeness (QED) is 0.428. The largest absolute Gasteiger partial charge is 0.507 e. The summed E-state index contributed by atoms with van der Waals surface area (Å²) in [6, 6.07) is 10.8. The van der Waals surface area contributed by atoms with Gasteiger partial charge < -0.3 is 15.1 Å². The number of rotatable bonds is 7. The Labute approximate surface area is 163 Å². The molecule has 0 aliphatic carbocycles. The van der Waals surface area contributed by atoms with E-state index >= 15 is 0 Å². The molecule has 1 aromatic carbocycles. The van der Waals surface area contributed by atoms with Crippen LogP contribution in [-0.2, 0) is 0 Å². The molecule has 0 amide bonds. The van der Waals surface area contributed by atoms with Gasteiger partial charge in [-0.3, -0.25) is 10.4 Å². The molecule has 0 aliphatic heterocycles. The second-order valence-corrected chi connectivity index (χ2v) is 6.25. The van der Waals surface area contributed by atoms with Crippen LogP contribution in [0.2, 0.25) is 0 Å². The van der Waals surface area contributed by atoms with Crippen molar-refractivity contribution in [3.63, 3.8) is 0 Å². The van der Waals surface area contributed by atoms with Gasteiger partial charge in [-0.1, -0.05) is 11.6 Å². The van der Waals surface area contributed by atoms with E-state index in [4.69, 9.17) is 0 Å². The van der Waals surface area contributed by atoms with E-state index in [2.05, 4.69) is 25.5 Å². The fourth-order valence-electron chi connectivity index (χ4n) is 2.53. The zero-order valence-corrected chi connectivity index (χ0v) is 15.7. The van der Waals surface area contributed by atoms with Crippen LogP contribution in [0.1, 0.15) is 11.1 Å². The second-order valence-electron chi connectivity index (χ2n) is 6.25. The number of hydrogen-bond acceptors (Lipinski definition) is 8. The Morgan fingerprint density at radius 2 is 1.93 bits per heavy atom. The van der Waals surface area contributed by atoms with Crippen LogP contribution < -0.4 is 10.3 Å². The maximum Gasteiger partial charge on any atom is 0.227 e. The first kappa shape index (κ1) is 19.2. The number of aromatic nitrogens is 3. The molecule has 0 atom stereocenters. The van der Waals surface area contributed by atoms with Crippen LogP contribution in [0.25, 0.3) is 11.3 Å². The minimum atomic E-state index is -0.00705. The van der Waals surface area contributed by atoms with Gasteiger partial charge in [-0.2, -0.15) is 10.1 Å². The number of nitrogens with zero attached hydrogens (tertiary/aromatic N) is 5. The molecule has 28 heavy (non-hydrogen) atoms. The highest BCUT2D eigenvalue weighted by Gasteiger charge is 2.10. The molecule has 0 spiro atoms. The van der Waals surface area contributed by atoms with Crippen LogP contribution in [0.15, 0.2) is 53.9 Å². The summed E-state index contributed by atoms with van der Waals surface area (Å²) >= 11 is 0. The van der Waals surface area contributed by atoms with Gasteiger partial charge in [0.25, 0.3) is 0 Å². The molecule has 3 rings (SSSR count). The van der Waals surface area contributed by atoms with Crippen molar-refractivity contribution in [3.8, 4) is 17.0 Å². The minimum absolute atomic E-state index is 0.00705. The lowest BCUT2D eigenvalue weighted by Crippen LogP contribution is -2.23. The van der Waals surface area contributed by atoms with Crippen LogP contribution >= 0.6 is 0 Å². The lowest BCUT2D eigenvalue weighted by Gasteiger charge is -2.17. The molecule has 144 valence electrons. The molecular weight excluding hydrogens is 356 g/mol. The lowest BCUT2D eigenvalue weighted by atomic mass is 10.1. The predicted molar refractivity (Wildman–Crippen MR) is 110 cm³/mol. The zero-order valence-electron chi connectivity index (χ0n) is 15.7. The van der Waals surface area contributed by atoms with Gasteiger partial charge in [0.2, 0.25) is 5.95 Å². The topological polar surface area (TPSA) is 107 Å². The van der Waals surface area contributed by atoms with E-state index in [-0.39, 0.29) is 12.4 Å². The molecule has 0 bridgehead atoms.